The molecule has 1 amide bonds. The third kappa shape index (κ3) is 4.49. The molecule has 0 radical (unpaired) electrons. The summed E-state index contributed by atoms with van der Waals surface area (Å²) in [5, 5.41) is 2.93. The molecule has 0 bridgehead atoms. The van der Waals surface area contributed by atoms with E-state index in [1.165, 1.54) is 44.1 Å². The zero-order valence-corrected chi connectivity index (χ0v) is 15.4. The highest BCUT2D eigenvalue weighted by atomic mass is 16.1. The fraction of sp³-hybridized carbons (Fsp3) is 0.318. The van der Waals surface area contributed by atoms with Crippen molar-refractivity contribution in [2.75, 3.05) is 13.1 Å². The van der Waals surface area contributed by atoms with Gasteiger partial charge in [-0.2, -0.15) is 0 Å². The molecule has 0 aliphatic carbocycles. The molecule has 138 valence electrons. The molecule has 1 saturated heterocycles. The fourth-order valence-electron chi connectivity index (χ4n) is 3.48. The molecule has 2 aromatic carbocycles. The summed E-state index contributed by atoms with van der Waals surface area (Å²) >= 11 is 0. The number of nitrogens with one attached hydrogen (secondary N) is 1. The van der Waals surface area contributed by atoms with Gasteiger partial charge in [-0.15, -0.1) is 0 Å². The number of aromatic nitrogens is 2. The summed E-state index contributed by atoms with van der Waals surface area (Å²) in [5.41, 5.74) is 4.27. The Hall–Kier alpha value is -2.79. The van der Waals surface area contributed by atoms with E-state index in [1.54, 1.807) is 0 Å². The van der Waals surface area contributed by atoms with Crippen molar-refractivity contribution in [3.05, 3.63) is 71.5 Å². The van der Waals surface area contributed by atoms with Gasteiger partial charge in [-0.1, -0.05) is 42.8 Å². The van der Waals surface area contributed by atoms with Gasteiger partial charge in [-0.05, 0) is 49.2 Å². The van der Waals surface area contributed by atoms with Gasteiger partial charge >= 0.3 is 0 Å². The van der Waals surface area contributed by atoms with Crippen molar-refractivity contribution in [2.24, 2.45) is 0 Å². The smallest absolute Gasteiger partial charge is 0.271 e. The second-order valence-electron chi connectivity index (χ2n) is 7.08. The number of nitrogens with zero attached hydrogens (tertiary/aromatic N) is 3. The molecule has 5 heteroatoms. The lowest BCUT2D eigenvalue weighted by atomic mass is 10.1. The number of rotatable bonds is 5. The Morgan fingerprint density at radius 1 is 0.926 bits per heavy atom. The molecule has 1 N–H and O–H groups in total. The molecule has 1 aliphatic rings. The Morgan fingerprint density at radius 3 is 2.41 bits per heavy atom. The van der Waals surface area contributed by atoms with Crippen molar-refractivity contribution in [2.45, 2.75) is 32.4 Å². The SMILES string of the molecule is O=C(NCc1ccc(CN2CCCCC2)cc1)c1cnc2ccccc2n1. The minimum atomic E-state index is -0.203. The Kier molecular flexibility index (Phi) is 5.39. The van der Waals surface area contributed by atoms with Crippen molar-refractivity contribution in [3.8, 4) is 0 Å². The van der Waals surface area contributed by atoms with E-state index in [0.29, 0.717) is 12.2 Å². The molecule has 0 spiro atoms. The van der Waals surface area contributed by atoms with Crippen LogP contribution in [-0.4, -0.2) is 33.9 Å². The van der Waals surface area contributed by atoms with Crippen LogP contribution in [0.4, 0.5) is 0 Å². The molecule has 1 aliphatic heterocycles. The van der Waals surface area contributed by atoms with Crippen LogP contribution in [0.25, 0.3) is 11.0 Å². The van der Waals surface area contributed by atoms with Crippen molar-refractivity contribution in [3.63, 3.8) is 0 Å². The minimum absolute atomic E-state index is 0.203. The maximum Gasteiger partial charge on any atom is 0.271 e. The van der Waals surface area contributed by atoms with Crippen LogP contribution in [0.2, 0.25) is 0 Å². The zero-order valence-electron chi connectivity index (χ0n) is 15.4. The van der Waals surface area contributed by atoms with Gasteiger partial charge in [0.05, 0.1) is 17.2 Å². The fourth-order valence-corrected chi connectivity index (χ4v) is 3.48. The van der Waals surface area contributed by atoms with Gasteiger partial charge in [-0.25, -0.2) is 4.98 Å². The zero-order chi connectivity index (χ0) is 18.5. The van der Waals surface area contributed by atoms with Crippen molar-refractivity contribution in [1.29, 1.82) is 0 Å². The summed E-state index contributed by atoms with van der Waals surface area (Å²) in [6.45, 7) is 3.89. The normalized spacial score (nSPS) is 15.0. The summed E-state index contributed by atoms with van der Waals surface area (Å²) in [6.07, 6.45) is 5.50. The van der Waals surface area contributed by atoms with E-state index >= 15 is 0 Å². The van der Waals surface area contributed by atoms with Gasteiger partial charge < -0.3 is 5.32 Å². The average Bonchev–Trinajstić information content (AvgIpc) is 2.73. The van der Waals surface area contributed by atoms with Gasteiger partial charge in [0.25, 0.3) is 5.91 Å². The van der Waals surface area contributed by atoms with E-state index in [1.807, 2.05) is 24.3 Å². The van der Waals surface area contributed by atoms with Gasteiger partial charge in [0.15, 0.2) is 0 Å². The van der Waals surface area contributed by atoms with Gasteiger partial charge in [0, 0.05) is 13.1 Å². The molecule has 2 heterocycles. The Bertz CT molecular complexity index is 917. The van der Waals surface area contributed by atoms with Crippen LogP contribution in [0.15, 0.2) is 54.7 Å². The predicted molar refractivity (Wildman–Crippen MR) is 106 cm³/mol. The number of carbonyl (C=O) groups excluding carboxylic acids is 1. The Morgan fingerprint density at radius 2 is 1.63 bits per heavy atom. The van der Waals surface area contributed by atoms with Crippen LogP contribution in [0.3, 0.4) is 0 Å². The summed E-state index contributed by atoms with van der Waals surface area (Å²) in [6, 6.07) is 16.0. The monoisotopic (exact) mass is 360 g/mol. The van der Waals surface area contributed by atoms with Crippen LogP contribution < -0.4 is 5.32 Å². The largest absolute Gasteiger partial charge is 0.347 e. The molecule has 3 aromatic rings. The van der Waals surface area contributed by atoms with E-state index < -0.39 is 0 Å². The molecule has 4 rings (SSSR count). The second kappa shape index (κ2) is 8.27. The quantitative estimate of drug-likeness (QED) is 0.756. The molecule has 1 aromatic heterocycles. The third-order valence-electron chi connectivity index (χ3n) is 5.01. The highest BCUT2D eigenvalue weighted by Crippen LogP contribution is 2.14. The molecule has 0 unspecified atom stereocenters. The third-order valence-corrected chi connectivity index (χ3v) is 5.01. The molecule has 0 saturated carbocycles. The summed E-state index contributed by atoms with van der Waals surface area (Å²) < 4.78 is 0. The first-order chi connectivity index (χ1) is 13.3. The van der Waals surface area contributed by atoms with Crippen LogP contribution in [0.5, 0.6) is 0 Å². The Labute approximate surface area is 159 Å². The number of hydrogen-bond acceptors (Lipinski definition) is 4. The van der Waals surface area contributed by atoms with Crippen LogP contribution in [-0.2, 0) is 13.1 Å². The summed E-state index contributed by atoms with van der Waals surface area (Å²) in [5.74, 6) is -0.203. The highest BCUT2D eigenvalue weighted by molar-refractivity contribution is 5.93. The Balaban J connectivity index is 1.34. The first-order valence-corrected chi connectivity index (χ1v) is 9.58. The minimum Gasteiger partial charge on any atom is -0.347 e. The van der Waals surface area contributed by atoms with Crippen LogP contribution in [0.1, 0.15) is 40.9 Å². The van der Waals surface area contributed by atoms with E-state index in [0.717, 1.165) is 23.1 Å². The lowest BCUT2D eigenvalue weighted by molar-refractivity contribution is 0.0946. The van der Waals surface area contributed by atoms with Crippen molar-refractivity contribution in [1.82, 2.24) is 20.2 Å². The van der Waals surface area contributed by atoms with Crippen molar-refractivity contribution < 1.29 is 4.79 Å². The van der Waals surface area contributed by atoms with Crippen LogP contribution >= 0.6 is 0 Å². The first-order valence-electron chi connectivity index (χ1n) is 9.58. The van der Waals surface area contributed by atoms with E-state index in [2.05, 4.69) is 44.5 Å². The molecule has 1 fully saturated rings. The molecule has 0 atom stereocenters. The molecule has 5 nitrogen and oxygen atoms in total. The van der Waals surface area contributed by atoms with E-state index in [-0.39, 0.29) is 5.91 Å². The van der Waals surface area contributed by atoms with Gasteiger partial charge in [0.2, 0.25) is 0 Å². The van der Waals surface area contributed by atoms with E-state index in [4.69, 9.17) is 0 Å². The van der Waals surface area contributed by atoms with E-state index in [9.17, 15) is 4.79 Å². The maximum absolute atomic E-state index is 12.4. The van der Waals surface area contributed by atoms with Crippen molar-refractivity contribution >= 4 is 16.9 Å². The summed E-state index contributed by atoms with van der Waals surface area (Å²) in [4.78, 5) is 23.6. The highest BCUT2D eigenvalue weighted by Gasteiger charge is 2.11. The van der Waals surface area contributed by atoms with Gasteiger partial charge in [-0.3, -0.25) is 14.7 Å². The second-order valence-corrected chi connectivity index (χ2v) is 7.08. The van der Waals surface area contributed by atoms with Crippen LogP contribution in [0, 0.1) is 0 Å². The number of amides is 1. The lowest BCUT2D eigenvalue weighted by Crippen LogP contribution is -2.29. The number of likely N-dealkylation sites (tertiary alicyclic amines) is 1. The topological polar surface area (TPSA) is 58.1 Å². The number of fused-ring (bicyclic) bond motifs is 1. The molecular formula is C22H24N4O. The van der Waals surface area contributed by atoms with Gasteiger partial charge in [0.1, 0.15) is 5.69 Å². The predicted octanol–water partition coefficient (Wildman–Crippen LogP) is 3.55. The molecule has 27 heavy (non-hydrogen) atoms. The number of carbonyl (C=O) groups is 1. The maximum atomic E-state index is 12.4. The lowest BCUT2D eigenvalue weighted by Gasteiger charge is -2.26. The first kappa shape index (κ1) is 17.6. The molecular weight excluding hydrogens is 336 g/mol. The summed E-state index contributed by atoms with van der Waals surface area (Å²) in [7, 11) is 0. The number of piperidine rings is 1. The standard InChI is InChI=1S/C22H24N4O/c27-22(21-15-23-19-6-2-3-7-20(19)25-21)24-14-17-8-10-18(11-9-17)16-26-12-4-1-5-13-26/h2-3,6-11,15H,1,4-5,12-14,16H2,(H,24,27). The average molecular weight is 360 g/mol. The number of para-hydroxylation sites is 2. The number of hydrogen-bond donors (Lipinski definition) is 1. The number of benzene rings is 2.